The molecule has 2 fully saturated rings. The molecule has 4 N–H and O–H groups in total. The predicted octanol–water partition coefficient (Wildman–Crippen LogP) is 1.33. The van der Waals surface area contributed by atoms with E-state index in [2.05, 4.69) is 20.0 Å². The lowest BCUT2D eigenvalue weighted by molar-refractivity contribution is -0.149. The van der Waals surface area contributed by atoms with Gasteiger partial charge in [-0.25, -0.2) is 14.5 Å². The third-order valence-electron chi connectivity index (χ3n) is 6.24. The van der Waals surface area contributed by atoms with Gasteiger partial charge < -0.3 is 29.7 Å². The molecule has 0 bridgehead atoms. The number of alkyl halides is 1. The Balaban J connectivity index is 1.47. The Hall–Kier alpha value is -2.38. The van der Waals surface area contributed by atoms with Gasteiger partial charge in [0.15, 0.2) is 28.9 Å². The van der Waals surface area contributed by atoms with Crippen molar-refractivity contribution < 1.29 is 32.9 Å². The lowest BCUT2D eigenvalue weighted by Crippen LogP contribution is -2.40. The molecule has 0 spiro atoms. The summed E-state index contributed by atoms with van der Waals surface area (Å²) in [6.07, 6.45) is -0.963. The monoisotopic (exact) mass is 529 g/mol. The third kappa shape index (κ3) is 5.32. The minimum absolute atomic E-state index is 0.000486. The second kappa shape index (κ2) is 10.2. The summed E-state index contributed by atoms with van der Waals surface area (Å²) in [6.45, 7) is 5.69. The number of carbonyl (C=O) groups is 1. The first-order valence-corrected chi connectivity index (χ1v) is 13.1. The van der Waals surface area contributed by atoms with Gasteiger partial charge in [-0.2, -0.15) is 9.97 Å². The van der Waals surface area contributed by atoms with E-state index < -0.39 is 44.3 Å². The second-order valence-corrected chi connectivity index (χ2v) is 10.8. The minimum atomic E-state index is -2.92. The summed E-state index contributed by atoms with van der Waals surface area (Å²) in [5, 5.41) is 13.2. The van der Waals surface area contributed by atoms with E-state index in [0.29, 0.717) is 17.4 Å². The maximum atomic E-state index is 15.8. The van der Waals surface area contributed by atoms with E-state index >= 15 is 4.39 Å². The summed E-state index contributed by atoms with van der Waals surface area (Å²) in [5.41, 5.74) is 4.37. The average molecular weight is 530 g/mol. The first-order valence-electron chi connectivity index (χ1n) is 11.8. The molecule has 1 aliphatic heterocycles. The molecule has 200 valence electrons. The number of rotatable bonds is 10. The van der Waals surface area contributed by atoms with Crippen LogP contribution in [0.5, 0.6) is 0 Å². The normalized spacial score (nSPS) is 27.9. The largest absolute Gasteiger partial charge is 0.462 e. The zero-order chi connectivity index (χ0) is 26.4. The molecule has 1 saturated carbocycles. The van der Waals surface area contributed by atoms with Crippen LogP contribution in [0.2, 0.25) is 0 Å². The maximum absolute atomic E-state index is 15.8. The summed E-state index contributed by atoms with van der Waals surface area (Å²) in [4.78, 5) is 26.8. The summed E-state index contributed by atoms with van der Waals surface area (Å²) in [6, 6.07) is -0.547. The van der Waals surface area contributed by atoms with Crippen LogP contribution in [0.15, 0.2) is 6.33 Å². The van der Waals surface area contributed by atoms with Crippen molar-refractivity contribution >= 4 is 37.1 Å². The van der Waals surface area contributed by atoms with Gasteiger partial charge in [-0.1, -0.05) is 0 Å². The summed E-state index contributed by atoms with van der Waals surface area (Å²) in [7, 11) is -1.03. The van der Waals surface area contributed by atoms with Crippen LogP contribution in [0, 0.1) is 0 Å². The van der Waals surface area contributed by atoms with Gasteiger partial charge in [-0.15, -0.1) is 0 Å². The quantitative estimate of drug-likeness (QED) is 0.299. The number of imidazole rings is 1. The maximum Gasteiger partial charge on any atom is 0.323 e. The molecule has 36 heavy (non-hydrogen) atoms. The highest BCUT2D eigenvalue weighted by Gasteiger charge is 2.55. The number of aromatic nitrogens is 4. The van der Waals surface area contributed by atoms with Gasteiger partial charge in [0.2, 0.25) is 5.95 Å². The molecule has 13 nitrogen and oxygen atoms in total. The van der Waals surface area contributed by atoms with Crippen LogP contribution in [-0.2, 0) is 23.4 Å². The van der Waals surface area contributed by atoms with Crippen LogP contribution in [0.3, 0.4) is 0 Å². The highest BCUT2D eigenvalue weighted by Crippen LogP contribution is 2.43. The van der Waals surface area contributed by atoms with Gasteiger partial charge in [-0.05, 0) is 40.5 Å². The number of ether oxygens (including phenoxy) is 2. The smallest absolute Gasteiger partial charge is 0.323 e. The molecule has 0 aromatic carbocycles. The van der Waals surface area contributed by atoms with E-state index in [0.717, 1.165) is 12.8 Å². The van der Waals surface area contributed by atoms with Gasteiger partial charge in [0, 0.05) is 13.1 Å². The second-order valence-electron chi connectivity index (χ2n) is 9.64. The number of carbonyl (C=O) groups excluding carboxylic acids is 1. The van der Waals surface area contributed by atoms with Crippen molar-refractivity contribution in [2.75, 3.05) is 24.3 Å². The van der Waals surface area contributed by atoms with Crippen molar-refractivity contribution in [2.45, 2.75) is 82.8 Å². The number of fused-ring (bicyclic) bond motifs is 1. The summed E-state index contributed by atoms with van der Waals surface area (Å²) >= 11 is 0. The van der Waals surface area contributed by atoms with Gasteiger partial charge in [-0.3, -0.25) is 13.9 Å². The van der Waals surface area contributed by atoms with Crippen LogP contribution in [-0.4, -0.2) is 80.3 Å². The molecule has 15 heteroatoms. The number of nitrogens with one attached hydrogen (secondary N) is 1. The molecule has 2 aliphatic rings. The topological polar surface area (TPSA) is 167 Å². The molecule has 0 radical (unpaired) electrons. The van der Waals surface area contributed by atoms with Crippen LogP contribution >= 0.6 is 8.18 Å². The Morgan fingerprint density at radius 3 is 2.78 bits per heavy atom. The number of nitrogen functional groups attached to an aromatic ring is 1. The SMILES string of the molecule is CC(C)OC(=O)[C@@H](C)N[PH](=O)OC[C@H]1O[C@@H](n2cnc3c(N(C)C4CC4)nc(N)nc32)[C@](C)(F)[C@@H]1O. The van der Waals surface area contributed by atoms with Gasteiger partial charge in [0.05, 0.1) is 19.0 Å². The lowest BCUT2D eigenvalue weighted by Gasteiger charge is -2.25. The number of esters is 1. The number of nitrogens with two attached hydrogens (primary N) is 1. The van der Waals surface area contributed by atoms with Crippen molar-refractivity contribution in [1.29, 1.82) is 0 Å². The summed E-state index contributed by atoms with van der Waals surface area (Å²) in [5.74, 6) is -0.0477. The number of halogens is 1. The third-order valence-corrected chi connectivity index (χ3v) is 7.33. The van der Waals surface area contributed by atoms with Crippen LogP contribution in [0.25, 0.3) is 11.2 Å². The van der Waals surface area contributed by atoms with Gasteiger partial charge in [0.1, 0.15) is 18.2 Å². The Morgan fingerprint density at radius 2 is 2.14 bits per heavy atom. The Morgan fingerprint density at radius 1 is 1.44 bits per heavy atom. The van der Waals surface area contributed by atoms with Gasteiger partial charge >= 0.3 is 5.97 Å². The predicted molar refractivity (Wildman–Crippen MR) is 129 cm³/mol. The molecule has 1 unspecified atom stereocenters. The van der Waals surface area contributed by atoms with Crippen molar-refractivity contribution in [2.24, 2.45) is 0 Å². The first-order chi connectivity index (χ1) is 16.9. The van der Waals surface area contributed by atoms with E-state index in [1.807, 2.05) is 11.9 Å². The standard InChI is InChI=1S/C21H33FN7O6P/c1-10(2)34-18(31)11(3)27-36(32)33-8-13-15(30)21(4,22)19(35-13)29-9-24-14-16(28(5)12-6-7-12)25-20(23)26-17(14)29/h9-13,15,19,30,36H,6-8H2,1-5H3,(H,27,32)(H2,23,25,26)/t11-,13-,15-,19-,21-/m1/s1. The fourth-order valence-electron chi connectivity index (χ4n) is 4.09. The highest BCUT2D eigenvalue weighted by atomic mass is 31.1. The van der Waals surface area contributed by atoms with Crippen molar-refractivity contribution in [3.05, 3.63) is 6.33 Å². The molecule has 4 rings (SSSR count). The van der Waals surface area contributed by atoms with Crippen LogP contribution in [0.4, 0.5) is 16.2 Å². The van der Waals surface area contributed by atoms with Gasteiger partial charge in [0.25, 0.3) is 8.18 Å². The molecular weight excluding hydrogens is 496 g/mol. The van der Waals surface area contributed by atoms with Crippen molar-refractivity contribution in [3.8, 4) is 0 Å². The van der Waals surface area contributed by atoms with E-state index in [9.17, 15) is 14.5 Å². The minimum Gasteiger partial charge on any atom is -0.462 e. The Labute approximate surface area is 208 Å². The van der Waals surface area contributed by atoms with E-state index in [4.69, 9.17) is 19.7 Å². The fourth-order valence-corrected chi connectivity index (χ4v) is 4.96. The molecule has 3 heterocycles. The zero-order valence-corrected chi connectivity index (χ0v) is 21.8. The lowest BCUT2D eigenvalue weighted by atomic mass is 9.98. The zero-order valence-electron chi connectivity index (χ0n) is 20.8. The van der Waals surface area contributed by atoms with E-state index in [-0.39, 0.29) is 24.3 Å². The molecular formula is C21H33FN7O6P. The Kier molecular flexibility index (Phi) is 7.54. The van der Waals surface area contributed by atoms with E-state index in [1.165, 1.54) is 24.7 Å². The van der Waals surface area contributed by atoms with E-state index in [1.54, 1.807) is 13.8 Å². The van der Waals surface area contributed by atoms with Crippen molar-refractivity contribution in [1.82, 2.24) is 24.6 Å². The number of aliphatic hydroxyl groups is 1. The molecule has 6 atom stereocenters. The fraction of sp³-hybridized carbons (Fsp3) is 0.714. The average Bonchev–Trinajstić information content (AvgIpc) is 3.53. The highest BCUT2D eigenvalue weighted by molar-refractivity contribution is 7.36. The number of aliphatic hydroxyl groups excluding tert-OH is 1. The summed E-state index contributed by atoms with van der Waals surface area (Å²) < 4.78 is 45.6. The molecule has 1 saturated heterocycles. The molecule has 1 aliphatic carbocycles. The van der Waals surface area contributed by atoms with Crippen LogP contribution in [0.1, 0.15) is 46.8 Å². The first kappa shape index (κ1) is 26.7. The van der Waals surface area contributed by atoms with Crippen LogP contribution < -0.4 is 15.7 Å². The molecule has 0 amide bonds. The number of hydrogen-bond acceptors (Lipinski definition) is 11. The number of anilines is 2. The molecule has 2 aromatic heterocycles. The van der Waals surface area contributed by atoms with Crippen molar-refractivity contribution in [3.63, 3.8) is 0 Å². The number of nitrogens with zero attached hydrogens (tertiary/aromatic N) is 5. The number of hydrogen-bond donors (Lipinski definition) is 3. The Bertz CT molecular complexity index is 1140. The molecule has 2 aromatic rings.